The third-order valence-electron chi connectivity index (χ3n) is 5.96. The molecule has 2 aliphatic heterocycles. The SMILES string of the molecule is O=C(O)[C@@H]1C[C@@H]2CCCC[C@H]2N1C(=O)c1cc(N2CCNC2=O)ccc1F. The summed E-state index contributed by atoms with van der Waals surface area (Å²) in [7, 11) is 0. The number of likely N-dealkylation sites (tertiary alicyclic amines) is 1. The molecule has 2 N–H and O–H groups in total. The predicted molar refractivity (Wildman–Crippen MR) is 95.1 cm³/mol. The Morgan fingerprint density at radius 3 is 2.70 bits per heavy atom. The van der Waals surface area contributed by atoms with Gasteiger partial charge in [-0.05, 0) is 43.4 Å². The van der Waals surface area contributed by atoms with Crippen LogP contribution in [0.25, 0.3) is 0 Å². The number of nitrogens with zero attached hydrogens (tertiary/aromatic N) is 2. The molecule has 7 nitrogen and oxygen atoms in total. The smallest absolute Gasteiger partial charge is 0.326 e. The maximum absolute atomic E-state index is 14.5. The van der Waals surface area contributed by atoms with Crippen LogP contribution in [0.15, 0.2) is 18.2 Å². The van der Waals surface area contributed by atoms with Gasteiger partial charge < -0.3 is 15.3 Å². The van der Waals surface area contributed by atoms with Gasteiger partial charge in [-0.25, -0.2) is 14.0 Å². The third-order valence-corrected chi connectivity index (χ3v) is 5.96. The van der Waals surface area contributed by atoms with Crippen molar-refractivity contribution in [3.8, 4) is 0 Å². The number of halogens is 1. The molecule has 3 amide bonds. The summed E-state index contributed by atoms with van der Waals surface area (Å²) in [6.45, 7) is 0.917. The Morgan fingerprint density at radius 2 is 2.00 bits per heavy atom. The maximum Gasteiger partial charge on any atom is 0.326 e. The van der Waals surface area contributed by atoms with Crippen molar-refractivity contribution in [2.24, 2.45) is 5.92 Å². The molecule has 144 valence electrons. The second-order valence-corrected chi connectivity index (χ2v) is 7.46. The summed E-state index contributed by atoms with van der Waals surface area (Å²) in [5, 5.41) is 12.3. The quantitative estimate of drug-likeness (QED) is 0.848. The van der Waals surface area contributed by atoms with Crippen LogP contribution in [0.3, 0.4) is 0 Å². The number of anilines is 1. The molecule has 1 saturated carbocycles. The molecule has 3 fully saturated rings. The Morgan fingerprint density at radius 1 is 1.22 bits per heavy atom. The molecule has 27 heavy (non-hydrogen) atoms. The Bertz CT molecular complexity index is 799. The number of hydrogen-bond acceptors (Lipinski definition) is 3. The van der Waals surface area contributed by atoms with E-state index >= 15 is 0 Å². The minimum absolute atomic E-state index is 0.152. The normalized spacial score (nSPS) is 27.4. The van der Waals surface area contributed by atoms with Crippen molar-refractivity contribution >= 4 is 23.6 Å². The van der Waals surface area contributed by atoms with Gasteiger partial charge in [0.15, 0.2) is 0 Å². The molecule has 3 aliphatic rings. The Kier molecular flexibility index (Phi) is 4.49. The van der Waals surface area contributed by atoms with Crippen LogP contribution in [0, 0.1) is 11.7 Å². The minimum atomic E-state index is -1.05. The van der Waals surface area contributed by atoms with E-state index in [0.29, 0.717) is 25.2 Å². The zero-order valence-corrected chi connectivity index (χ0v) is 14.9. The Labute approximate surface area is 156 Å². The Hall–Kier alpha value is -2.64. The first kappa shape index (κ1) is 17.8. The number of aliphatic carboxylic acids is 1. The lowest BCUT2D eigenvalue weighted by Crippen LogP contribution is -2.46. The highest BCUT2D eigenvalue weighted by Gasteiger charge is 2.48. The van der Waals surface area contributed by atoms with Crippen molar-refractivity contribution < 1.29 is 23.9 Å². The average Bonchev–Trinajstić information content (AvgIpc) is 3.25. The molecule has 2 heterocycles. The van der Waals surface area contributed by atoms with Gasteiger partial charge in [0.2, 0.25) is 0 Å². The van der Waals surface area contributed by atoms with Crippen molar-refractivity contribution in [2.75, 3.05) is 18.0 Å². The first-order valence-electron chi connectivity index (χ1n) is 9.37. The highest BCUT2D eigenvalue weighted by atomic mass is 19.1. The van der Waals surface area contributed by atoms with Crippen LogP contribution in [0.1, 0.15) is 42.5 Å². The van der Waals surface area contributed by atoms with E-state index in [1.165, 1.54) is 28.0 Å². The molecule has 0 unspecified atom stereocenters. The summed E-state index contributed by atoms with van der Waals surface area (Å²) in [6, 6.07) is 2.60. The summed E-state index contributed by atoms with van der Waals surface area (Å²) >= 11 is 0. The molecule has 2 saturated heterocycles. The van der Waals surface area contributed by atoms with Crippen LogP contribution in [-0.4, -0.2) is 53.1 Å². The van der Waals surface area contributed by atoms with Crippen molar-refractivity contribution in [1.29, 1.82) is 0 Å². The molecule has 0 bridgehead atoms. The van der Waals surface area contributed by atoms with Crippen molar-refractivity contribution in [3.63, 3.8) is 0 Å². The fourth-order valence-electron chi connectivity index (χ4n) is 4.67. The van der Waals surface area contributed by atoms with Crippen molar-refractivity contribution in [3.05, 3.63) is 29.6 Å². The van der Waals surface area contributed by atoms with Crippen molar-refractivity contribution in [1.82, 2.24) is 10.2 Å². The lowest BCUT2D eigenvalue weighted by atomic mass is 9.84. The van der Waals surface area contributed by atoms with E-state index in [4.69, 9.17) is 0 Å². The molecule has 3 atom stereocenters. The fraction of sp³-hybridized carbons (Fsp3) is 0.526. The summed E-state index contributed by atoms with van der Waals surface area (Å²) in [6.07, 6.45) is 4.03. The topological polar surface area (TPSA) is 89.9 Å². The highest BCUT2D eigenvalue weighted by Crippen LogP contribution is 2.41. The van der Waals surface area contributed by atoms with Crippen LogP contribution in [-0.2, 0) is 4.79 Å². The monoisotopic (exact) mass is 375 g/mol. The van der Waals surface area contributed by atoms with Gasteiger partial charge in [0, 0.05) is 24.8 Å². The summed E-state index contributed by atoms with van der Waals surface area (Å²) < 4.78 is 14.5. The van der Waals surface area contributed by atoms with E-state index in [1.807, 2.05) is 0 Å². The lowest BCUT2D eigenvalue weighted by molar-refractivity contribution is -0.141. The van der Waals surface area contributed by atoms with E-state index in [2.05, 4.69) is 5.32 Å². The van der Waals surface area contributed by atoms with E-state index in [1.54, 1.807) is 0 Å². The summed E-state index contributed by atoms with van der Waals surface area (Å²) in [5.74, 6) is -2.20. The number of urea groups is 1. The Balaban J connectivity index is 1.68. The largest absolute Gasteiger partial charge is 0.480 e. The first-order chi connectivity index (χ1) is 13.0. The molecule has 4 rings (SSSR count). The van der Waals surface area contributed by atoms with Crippen LogP contribution in [0.4, 0.5) is 14.9 Å². The number of fused-ring (bicyclic) bond motifs is 1. The van der Waals surface area contributed by atoms with Crippen LogP contribution in [0.5, 0.6) is 0 Å². The second kappa shape index (κ2) is 6.83. The molecule has 8 heteroatoms. The van der Waals surface area contributed by atoms with Gasteiger partial charge >= 0.3 is 12.0 Å². The van der Waals surface area contributed by atoms with Gasteiger partial charge in [-0.3, -0.25) is 9.69 Å². The van der Waals surface area contributed by atoms with E-state index in [9.17, 15) is 23.9 Å². The number of benzene rings is 1. The number of carbonyl (C=O) groups excluding carboxylic acids is 2. The van der Waals surface area contributed by atoms with Crippen LogP contribution < -0.4 is 10.2 Å². The fourth-order valence-corrected chi connectivity index (χ4v) is 4.67. The highest BCUT2D eigenvalue weighted by molar-refractivity contribution is 6.00. The van der Waals surface area contributed by atoms with E-state index < -0.39 is 23.7 Å². The van der Waals surface area contributed by atoms with Gasteiger partial charge in [-0.2, -0.15) is 0 Å². The second-order valence-electron chi connectivity index (χ2n) is 7.46. The molecule has 1 aliphatic carbocycles. The lowest BCUT2D eigenvalue weighted by Gasteiger charge is -2.33. The number of nitrogens with one attached hydrogen (secondary N) is 1. The molecule has 1 aromatic carbocycles. The molecule has 0 spiro atoms. The molecule has 0 radical (unpaired) electrons. The summed E-state index contributed by atoms with van der Waals surface area (Å²) in [4.78, 5) is 39.6. The van der Waals surface area contributed by atoms with Gasteiger partial charge in [0.1, 0.15) is 11.9 Å². The molecule has 1 aromatic rings. The van der Waals surface area contributed by atoms with Gasteiger partial charge in [-0.15, -0.1) is 0 Å². The number of carboxylic acids is 1. The number of carbonyl (C=O) groups is 3. The van der Waals surface area contributed by atoms with Gasteiger partial charge in [0.25, 0.3) is 5.91 Å². The van der Waals surface area contributed by atoms with E-state index in [-0.39, 0.29) is 23.6 Å². The number of carboxylic acid groups (broad SMARTS) is 1. The average molecular weight is 375 g/mol. The van der Waals surface area contributed by atoms with Crippen molar-refractivity contribution in [2.45, 2.75) is 44.2 Å². The summed E-state index contributed by atoms with van der Waals surface area (Å²) in [5.41, 5.74) is 0.255. The van der Waals surface area contributed by atoms with Gasteiger partial charge in [-0.1, -0.05) is 12.8 Å². The zero-order valence-electron chi connectivity index (χ0n) is 14.9. The number of amides is 3. The molecular weight excluding hydrogens is 353 g/mol. The first-order valence-corrected chi connectivity index (χ1v) is 9.37. The number of rotatable bonds is 3. The van der Waals surface area contributed by atoms with Crippen LogP contribution >= 0.6 is 0 Å². The molecular formula is C19H22FN3O4. The maximum atomic E-state index is 14.5. The third kappa shape index (κ3) is 3.02. The predicted octanol–water partition coefficient (Wildman–Crippen LogP) is 2.21. The molecule has 0 aromatic heterocycles. The minimum Gasteiger partial charge on any atom is -0.480 e. The standard InChI is InChI=1S/C19H22FN3O4/c20-14-6-5-12(22-8-7-21-19(22)27)10-13(14)17(24)23-15-4-2-1-3-11(15)9-16(23)18(25)26/h5-6,10-11,15-16H,1-4,7-9H2,(H,21,27)(H,25,26)/t11-,15+,16-/m0/s1. The van der Waals surface area contributed by atoms with Crippen LogP contribution in [0.2, 0.25) is 0 Å². The number of hydrogen-bond donors (Lipinski definition) is 2. The zero-order chi connectivity index (χ0) is 19.1. The van der Waals surface area contributed by atoms with E-state index in [0.717, 1.165) is 25.7 Å². The van der Waals surface area contributed by atoms with Gasteiger partial charge in [0.05, 0.1) is 5.56 Å².